The molecule has 132 valence electrons. The molecule has 2 heterocycles. The fraction of sp³-hybridized carbons (Fsp3) is 0.444. The molecule has 1 amide bonds. The summed E-state index contributed by atoms with van der Waals surface area (Å²) < 4.78 is 20.8. The first-order chi connectivity index (χ1) is 12.1. The van der Waals surface area contributed by atoms with Gasteiger partial charge in [-0.2, -0.15) is 5.10 Å². The lowest BCUT2D eigenvalue weighted by atomic mass is 9.79. The minimum Gasteiger partial charge on any atom is -0.441 e. The molecule has 1 saturated heterocycles. The quantitative estimate of drug-likeness (QED) is 0.894. The van der Waals surface area contributed by atoms with Crippen LogP contribution in [0.4, 0.5) is 15.0 Å². The Hall–Kier alpha value is -2.57. The number of hydrogen-bond donors (Lipinski definition) is 2. The van der Waals surface area contributed by atoms with E-state index in [2.05, 4.69) is 15.7 Å². The molecule has 4 rings (SSSR count). The molecule has 1 aliphatic carbocycles. The number of halogens is 1. The van der Waals surface area contributed by atoms with Gasteiger partial charge in [-0.3, -0.25) is 0 Å². The summed E-state index contributed by atoms with van der Waals surface area (Å²) in [6, 6.07) is 8.42. The maximum atomic E-state index is 13.8. The smallest absolute Gasteiger partial charge is 0.407 e. The normalized spacial score (nSPS) is 25.6. The Morgan fingerprint density at radius 1 is 1.32 bits per heavy atom. The van der Waals surface area contributed by atoms with E-state index in [0.29, 0.717) is 18.2 Å². The van der Waals surface area contributed by atoms with Crippen LogP contribution in [0.15, 0.2) is 36.5 Å². The van der Waals surface area contributed by atoms with Gasteiger partial charge in [0.15, 0.2) is 0 Å². The number of para-hydroxylation sites is 1. The first kappa shape index (κ1) is 15.9. The van der Waals surface area contributed by atoms with Gasteiger partial charge in [-0.25, -0.2) is 13.9 Å². The number of rotatable bonds is 4. The number of carbonyl (C=O) groups is 1. The molecule has 0 radical (unpaired) electrons. The molecule has 25 heavy (non-hydrogen) atoms. The predicted molar refractivity (Wildman–Crippen MR) is 91.2 cm³/mol. The van der Waals surface area contributed by atoms with Gasteiger partial charge in [0.2, 0.25) is 0 Å². The minimum atomic E-state index is -0.297. The van der Waals surface area contributed by atoms with Crippen molar-refractivity contribution in [1.82, 2.24) is 15.1 Å². The van der Waals surface area contributed by atoms with Crippen LogP contribution >= 0.6 is 0 Å². The van der Waals surface area contributed by atoms with E-state index in [0.717, 1.165) is 38.0 Å². The molecule has 7 heteroatoms. The van der Waals surface area contributed by atoms with Gasteiger partial charge in [-0.15, -0.1) is 0 Å². The van der Waals surface area contributed by atoms with Crippen molar-refractivity contribution in [2.45, 2.75) is 31.3 Å². The minimum absolute atomic E-state index is 0.292. The first-order valence-electron chi connectivity index (χ1n) is 8.65. The van der Waals surface area contributed by atoms with E-state index in [4.69, 9.17) is 4.74 Å². The summed E-state index contributed by atoms with van der Waals surface area (Å²) in [5, 5.41) is 10.5. The van der Waals surface area contributed by atoms with Crippen LogP contribution in [0, 0.1) is 11.7 Å². The van der Waals surface area contributed by atoms with Crippen molar-refractivity contribution in [3.05, 3.63) is 42.3 Å². The van der Waals surface area contributed by atoms with Crippen molar-refractivity contribution in [2.75, 3.05) is 18.4 Å². The van der Waals surface area contributed by atoms with Gasteiger partial charge in [0.05, 0.1) is 6.54 Å². The predicted octanol–water partition coefficient (Wildman–Crippen LogP) is 3.09. The third kappa shape index (κ3) is 3.31. The standard InChI is InChI=1S/C18H21FN4O2/c19-14-3-1-2-4-15(14)23-10-7-16(22-23)20-11-13-5-8-18(9-6-13)12-21-17(24)25-18/h1-4,7,10,13H,5-6,8-9,11-12H2,(H,20,22)(H,21,24). The van der Waals surface area contributed by atoms with Crippen LogP contribution < -0.4 is 10.6 Å². The topological polar surface area (TPSA) is 68.2 Å². The second kappa shape index (κ2) is 6.38. The average molecular weight is 344 g/mol. The molecule has 2 fully saturated rings. The molecule has 1 spiro atoms. The molecule has 1 saturated carbocycles. The Kier molecular flexibility index (Phi) is 4.07. The Balaban J connectivity index is 1.31. The number of nitrogens with one attached hydrogen (secondary N) is 2. The molecular weight excluding hydrogens is 323 g/mol. The fourth-order valence-corrected chi connectivity index (χ4v) is 3.63. The van der Waals surface area contributed by atoms with Crippen LogP contribution in [0.1, 0.15) is 25.7 Å². The summed E-state index contributed by atoms with van der Waals surface area (Å²) in [6.45, 7) is 1.44. The fourth-order valence-electron chi connectivity index (χ4n) is 3.63. The van der Waals surface area contributed by atoms with Crippen molar-refractivity contribution >= 4 is 11.9 Å². The number of benzene rings is 1. The van der Waals surface area contributed by atoms with E-state index in [9.17, 15) is 9.18 Å². The Bertz CT molecular complexity index is 768. The Morgan fingerprint density at radius 2 is 2.12 bits per heavy atom. The van der Waals surface area contributed by atoms with Crippen LogP contribution in [0.25, 0.3) is 5.69 Å². The van der Waals surface area contributed by atoms with Gasteiger partial charge in [-0.05, 0) is 43.7 Å². The third-order valence-corrected chi connectivity index (χ3v) is 5.14. The molecule has 0 unspecified atom stereocenters. The Labute approximate surface area is 145 Å². The molecule has 6 nitrogen and oxygen atoms in total. The largest absolute Gasteiger partial charge is 0.441 e. The number of amides is 1. The molecule has 2 aliphatic rings. The van der Waals surface area contributed by atoms with Crippen molar-refractivity contribution in [3.8, 4) is 5.69 Å². The lowest BCUT2D eigenvalue weighted by Crippen LogP contribution is -2.38. The monoisotopic (exact) mass is 344 g/mol. The number of aromatic nitrogens is 2. The summed E-state index contributed by atoms with van der Waals surface area (Å²) in [5.74, 6) is 0.954. The zero-order chi connectivity index (χ0) is 17.3. The number of hydrogen-bond acceptors (Lipinski definition) is 4. The third-order valence-electron chi connectivity index (χ3n) is 5.14. The summed E-state index contributed by atoms with van der Waals surface area (Å²) in [6.07, 6.45) is 5.26. The number of ether oxygens (including phenoxy) is 1. The highest BCUT2D eigenvalue weighted by Gasteiger charge is 2.43. The van der Waals surface area contributed by atoms with Crippen LogP contribution in [0.5, 0.6) is 0 Å². The zero-order valence-corrected chi connectivity index (χ0v) is 13.9. The molecule has 0 bridgehead atoms. The van der Waals surface area contributed by atoms with Crippen LogP contribution in [-0.4, -0.2) is 34.6 Å². The zero-order valence-electron chi connectivity index (χ0n) is 13.9. The van der Waals surface area contributed by atoms with Crippen molar-refractivity contribution in [3.63, 3.8) is 0 Å². The number of alkyl carbamates (subject to hydrolysis) is 1. The van der Waals surface area contributed by atoms with E-state index >= 15 is 0 Å². The summed E-state index contributed by atoms with van der Waals surface area (Å²) in [4.78, 5) is 11.3. The highest BCUT2D eigenvalue weighted by Crippen LogP contribution is 2.36. The number of anilines is 1. The van der Waals surface area contributed by atoms with E-state index in [-0.39, 0.29) is 17.5 Å². The van der Waals surface area contributed by atoms with E-state index in [1.807, 2.05) is 6.07 Å². The average Bonchev–Trinajstić information content (AvgIpc) is 3.22. The van der Waals surface area contributed by atoms with Crippen molar-refractivity contribution in [2.24, 2.45) is 5.92 Å². The number of carbonyl (C=O) groups excluding carboxylic acids is 1. The van der Waals surface area contributed by atoms with Gasteiger partial charge in [0.1, 0.15) is 22.9 Å². The van der Waals surface area contributed by atoms with Gasteiger partial charge in [-0.1, -0.05) is 12.1 Å². The lowest BCUT2D eigenvalue weighted by molar-refractivity contribution is 0.0148. The van der Waals surface area contributed by atoms with Gasteiger partial charge in [0, 0.05) is 18.8 Å². The molecule has 0 atom stereocenters. The first-order valence-corrected chi connectivity index (χ1v) is 8.65. The van der Waals surface area contributed by atoms with Crippen molar-refractivity contribution < 1.29 is 13.9 Å². The van der Waals surface area contributed by atoms with Crippen LogP contribution in [0.2, 0.25) is 0 Å². The second-order valence-electron chi connectivity index (χ2n) is 6.85. The van der Waals surface area contributed by atoms with E-state index in [1.165, 1.54) is 10.7 Å². The molecule has 2 aromatic rings. The number of nitrogens with zero attached hydrogens (tertiary/aromatic N) is 2. The second-order valence-corrected chi connectivity index (χ2v) is 6.85. The van der Waals surface area contributed by atoms with Gasteiger partial charge in [0.25, 0.3) is 0 Å². The van der Waals surface area contributed by atoms with Crippen LogP contribution in [-0.2, 0) is 4.74 Å². The molecule has 1 aliphatic heterocycles. The molecule has 2 N–H and O–H groups in total. The highest BCUT2D eigenvalue weighted by molar-refractivity contribution is 5.70. The van der Waals surface area contributed by atoms with Crippen LogP contribution in [0.3, 0.4) is 0 Å². The van der Waals surface area contributed by atoms with E-state index in [1.54, 1.807) is 24.4 Å². The van der Waals surface area contributed by atoms with Gasteiger partial charge < -0.3 is 15.4 Å². The Morgan fingerprint density at radius 3 is 2.84 bits per heavy atom. The maximum absolute atomic E-state index is 13.8. The maximum Gasteiger partial charge on any atom is 0.407 e. The molecule has 1 aromatic carbocycles. The SMILES string of the molecule is O=C1NCC2(CCC(CNc3ccn(-c4ccccc4F)n3)CC2)O1. The summed E-state index contributed by atoms with van der Waals surface area (Å²) in [7, 11) is 0. The lowest BCUT2D eigenvalue weighted by Gasteiger charge is -2.34. The molecular formula is C18H21FN4O2. The summed E-state index contributed by atoms with van der Waals surface area (Å²) >= 11 is 0. The van der Waals surface area contributed by atoms with Crippen molar-refractivity contribution in [1.29, 1.82) is 0 Å². The van der Waals surface area contributed by atoms with Gasteiger partial charge >= 0.3 is 6.09 Å². The summed E-state index contributed by atoms with van der Waals surface area (Å²) in [5.41, 5.74) is 0.144. The van der Waals surface area contributed by atoms with E-state index < -0.39 is 0 Å². The highest BCUT2D eigenvalue weighted by atomic mass is 19.1. The molecule has 1 aromatic heterocycles.